The molecule has 5 nitrogen and oxygen atoms in total. The van der Waals surface area contributed by atoms with Gasteiger partial charge in [-0.05, 0) is 50.3 Å². The van der Waals surface area contributed by atoms with Crippen LogP contribution in [0.25, 0.3) is 10.2 Å². The van der Waals surface area contributed by atoms with Gasteiger partial charge in [-0.3, -0.25) is 4.79 Å². The minimum atomic E-state index is 0.122. The van der Waals surface area contributed by atoms with E-state index in [4.69, 9.17) is 9.72 Å². The number of aryl methyl sites for hydroxylation is 2. The van der Waals surface area contributed by atoms with Crippen LogP contribution in [0.1, 0.15) is 30.4 Å². The fraction of sp³-hybridized carbons (Fsp3) is 0.579. The summed E-state index contributed by atoms with van der Waals surface area (Å²) in [5.74, 6) is 0.309. The molecule has 0 bridgehead atoms. The van der Waals surface area contributed by atoms with Gasteiger partial charge in [-0.2, -0.15) is 0 Å². The number of nitrogens with one attached hydrogen (secondary N) is 1. The van der Waals surface area contributed by atoms with Crippen LogP contribution in [0, 0.1) is 19.8 Å². The normalized spacial score (nSPS) is 15.7. The van der Waals surface area contributed by atoms with Crippen molar-refractivity contribution in [2.45, 2.75) is 33.1 Å². The van der Waals surface area contributed by atoms with Gasteiger partial charge in [0.15, 0.2) is 5.13 Å². The van der Waals surface area contributed by atoms with Gasteiger partial charge in [0.2, 0.25) is 5.91 Å². The third-order valence-corrected chi connectivity index (χ3v) is 5.84. The fourth-order valence-corrected chi connectivity index (χ4v) is 4.59. The fourth-order valence-electron chi connectivity index (χ4n) is 3.40. The maximum Gasteiger partial charge on any atom is 0.223 e. The Kier molecular flexibility index (Phi) is 5.91. The van der Waals surface area contributed by atoms with Gasteiger partial charge in [0.05, 0.1) is 10.2 Å². The topological polar surface area (TPSA) is 54.5 Å². The molecule has 3 rings (SSSR count). The van der Waals surface area contributed by atoms with Crippen molar-refractivity contribution in [2.75, 3.05) is 38.3 Å². The molecular formula is C19H27N3O2S. The molecule has 0 aliphatic carbocycles. The van der Waals surface area contributed by atoms with Crippen LogP contribution in [0.3, 0.4) is 0 Å². The van der Waals surface area contributed by atoms with Crippen molar-refractivity contribution >= 4 is 32.6 Å². The Morgan fingerprint density at radius 2 is 2.12 bits per heavy atom. The van der Waals surface area contributed by atoms with Crippen molar-refractivity contribution in [1.82, 2.24) is 10.3 Å². The number of hydrogen-bond acceptors (Lipinski definition) is 5. The van der Waals surface area contributed by atoms with Crippen molar-refractivity contribution in [3.63, 3.8) is 0 Å². The first kappa shape index (κ1) is 18.1. The number of thiazole rings is 1. The third kappa shape index (κ3) is 4.30. The van der Waals surface area contributed by atoms with E-state index in [0.29, 0.717) is 13.2 Å². The zero-order valence-electron chi connectivity index (χ0n) is 15.3. The van der Waals surface area contributed by atoms with Gasteiger partial charge >= 0.3 is 0 Å². The van der Waals surface area contributed by atoms with Crippen LogP contribution >= 0.6 is 11.3 Å². The van der Waals surface area contributed by atoms with E-state index in [1.54, 1.807) is 18.4 Å². The monoisotopic (exact) mass is 361 g/mol. The number of hydrogen-bond donors (Lipinski definition) is 1. The second-order valence-electron chi connectivity index (χ2n) is 6.82. The van der Waals surface area contributed by atoms with E-state index < -0.39 is 0 Å². The molecule has 1 aliphatic rings. The predicted octanol–water partition coefficient (Wildman–Crippen LogP) is 3.28. The molecule has 2 aromatic rings. The number of amides is 1. The smallest absolute Gasteiger partial charge is 0.223 e. The van der Waals surface area contributed by atoms with Gasteiger partial charge in [-0.15, -0.1) is 0 Å². The van der Waals surface area contributed by atoms with Crippen molar-refractivity contribution in [3.05, 3.63) is 23.3 Å². The molecule has 1 saturated heterocycles. The molecule has 1 fully saturated rings. The number of rotatable bonds is 6. The van der Waals surface area contributed by atoms with Crippen molar-refractivity contribution in [2.24, 2.45) is 5.92 Å². The summed E-state index contributed by atoms with van der Waals surface area (Å²) in [7, 11) is 1.68. The van der Waals surface area contributed by atoms with E-state index in [-0.39, 0.29) is 11.8 Å². The van der Waals surface area contributed by atoms with Gasteiger partial charge in [-0.1, -0.05) is 17.4 Å². The van der Waals surface area contributed by atoms with Crippen LogP contribution in [-0.2, 0) is 9.53 Å². The molecule has 1 aliphatic heterocycles. The van der Waals surface area contributed by atoms with Crippen LogP contribution < -0.4 is 10.2 Å². The summed E-state index contributed by atoms with van der Waals surface area (Å²) in [5, 5.41) is 4.11. The molecule has 1 aromatic carbocycles. The summed E-state index contributed by atoms with van der Waals surface area (Å²) >= 11 is 1.76. The minimum Gasteiger partial charge on any atom is -0.385 e. The standard InChI is InChI=1S/C19H27N3O2S/c1-13-11-14(2)17-16(12-13)25-19(21-17)22-8-5-15(6-9-22)18(23)20-7-4-10-24-3/h11-12,15H,4-10H2,1-3H3,(H,20,23). The molecule has 0 radical (unpaired) electrons. The molecule has 1 amide bonds. The highest BCUT2D eigenvalue weighted by Gasteiger charge is 2.26. The van der Waals surface area contributed by atoms with E-state index in [0.717, 1.165) is 43.0 Å². The number of piperidine rings is 1. The Hall–Kier alpha value is -1.66. The Morgan fingerprint density at radius 3 is 2.84 bits per heavy atom. The van der Waals surface area contributed by atoms with E-state index in [1.807, 2.05) is 0 Å². The molecule has 6 heteroatoms. The maximum atomic E-state index is 12.2. The van der Waals surface area contributed by atoms with Gasteiger partial charge in [-0.25, -0.2) is 4.98 Å². The zero-order valence-corrected chi connectivity index (χ0v) is 16.1. The van der Waals surface area contributed by atoms with Crippen LogP contribution in [0.4, 0.5) is 5.13 Å². The van der Waals surface area contributed by atoms with Crippen molar-refractivity contribution < 1.29 is 9.53 Å². The Morgan fingerprint density at radius 1 is 1.36 bits per heavy atom. The van der Waals surface area contributed by atoms with Crippen LogP contribution in [-0.4, -0.2) is 44.2 Å². The first-order valence-electron chi connectivity index (χ1n) is 8.98. The lowest BCUT2D eigenvalue weighted by Crippen LogP contribution is -2.40. The second kappa shape index (κ2) is 8.15. The number of ether oxygens (including phenoxy) is 1. The summed E-state index contributed by atoms with van der Waals surface area (Å²) in [6.07, 6.45) is 2.65. The molecule has 0 atom stereocenters. The molecule has 1 aromatic heterocycles. The third-order valence-electron chi connectivity index (χ3n) is 4.78. The largest absolute Gasteiger partial charge is 0.385 e. The molecule has 1 N–H and O–H groups in total. The SMILES string of the molecule is COCCCNC(=O)C1CCN(c2nc3c(C)cc(C)cc3s2)CC1. The zero-order chi connectivity index (χ0) is 17.8. The molecule has 25 heavy (non-hydrogen) atoms. The van der Waals surface area contributed by atoms with Gasteiger partial charge < -0.3 is 15.0 Å². The number of nitrogens with zero attached hydrogens (tertiary/aromatic N) is 2. The van der Waals surface area contributed by atoms with Crippen LogP contribution in [0.5, 0.6) is 0 Å². The predicted molar refractivity (Wildman–Crippen MR) is 104 cm³/mol. The van der Waals surface area contributed by atoms with Crippen molar-refractivity contribution in [3.8, 4) is 0 Å². The summed E-state index contributed by atoms with van der Waals surface area (Å²) in [5.41, 5.74) is 3.63. The molecule has 0 spiro atoms. The Labute approximate surface area is 153 Å². The molecule has 136 valence electrons. The molecular weight excluding hydrogens is 334 g/mol. The van der Waals surface area contributed by atoms with Crippen LogP contribution in [0.2, 0.25) is 0 Å². The second-order valence-corrected chi connectivity index (χ2v) is 7.83. The number of carbonyl (C=O) groups is 1. The number of benzene rings is 1. The number of carbonyl (C=O) groups excluding carboxylic acids is 1. The lowest BCUT2D eigenvalue weighted by atomic mass is 9.96. The first-order chi connectivity index (χ1) is 12.1. The quantitative estimate of drug-likeness (QED) is 0.802. The van der Waals surface area contributed by atoms with Crippen LogP contribution in [0.15, 0.2) is 12.1 Å². The van der Waals surface area contributed by atoms with Gasteiger partial charge in [0.1, 0.15) is 0 Å². The lowest BCUT2D eigenvalue weighted by Gasteiger charge is -2.31. The van der Waals surface area contributed by atoms with Gasteiger partial charge in [0.25, 0.3) is 0 Å². The van der Waals surface area contributed by atoms with Gasteiger partial charge in [0, 0.05) is 39.3 Å². The van der Waals surface area contributed by atoms with E-state index in [1.165, 1.54) is 15.8 Å². The summed E-state index contributed by atoms with van der Waals surface area (Å²) in [6.45, 7) is 7.43. The van der Waals surface area contributed by atoms with E-state index in [2.05, 4.69) is 36.2 Å². The Bertz CT molecular complexity index is 736. The first-order valence-corrected chi connectivity index (χ1v) is 9.79. The average molecular weight is 362 g/mol. The lowest BCUT2D eigenvalue weighted by molar-refractivity contribution is -0.125. The summed E-state index contributed by atoms with van der Waals surface area (Å²) in [4.78, 5) is 19.4. The number of aromatic nitrogens is 1. The molecule has 0 saturated carbocycles. The maximum absolute atomic E-state index is 12.2. The average Bonchev–Trinajstić information content (AvgIpc) is 3.03. The molecule has 2 heterocycles. The molecule has 0 unspecified atom stereocenters. The van der Waals surface area contributed by atoms with E-state index >= 15 is 0 Å². The number of fused-ring (bicyclic) bond motifs is 1. The number of anilines is 1. The highest BCUT2D eigenvalue weighted by molar-refractivity contribution is 7.22. The Balaban J connectivity index is 1.57. The summed E-state index contributed by atoms with van der Waals surface area (Å²) < 4.78 is 6.26. The van der Waals surface area contributed by atoms with E-state index in [9.17, 15) is 4.79 Å². The highest BCUT2D eigenvalue weighted by atomic mass is 32.1. The number of methoxy groups -OCH3 is 1. The van der Waals surface area contributed by atoms with Crippen molar-refractivity contribution in [1.29, 1.82) is 0 Å². The minimum absolute atomic E-state index is 0.122. The summed E-state index contributed by atoms with van der Waals surface area (Å²) in [6, 6.07) is 4.40. The highest BCUT2D eigenvalue weighted by Crippen LogP contribution is 2.33.